The van der Waals surface area contributed by atoms with Crippen molar-refractivity contribution in [3.05, 3.63) is 216 Å². The van der Waals surface area contributed by atoms with Gasteiger partial charge in [-0.3, -0.25) is 15.4 Å². The maximum Gasteiger partial charge on any atom is 1.00 e. The molecule has 0 spiro atoms. The van der Waals surface area contributed by atoms with E-state index in [-0.39, 0.29) is 29.6 Å². The van der Waals surface area contributed by atoms with Gasteiger partial charge in [-0.25, -0.2) is 19.6 Å². The van der Waals surface area contributed by atoms with Crippen LogP contribution in [0.5, 0.6) is 0 Å². The Morgan fingerprint density at radius 3 is 1.16 bits per heavy atom. The van der Waals surface area contributed by atoms with Gasteiger partial charge < -0.3 is 24.5 Å². The molecule has 10 aromatic rings. The summed E-state index contributed by atoms with van der Waals surface area (Å²) < 4.78 is 11.4. The number of carbonyl (C=O) groups is 4. The van der Waals surface area contributed by atoms with Gasteiger partial charge in [0.1, 0.15) is 21.9 Å². The molecule has 3 N–H and O–H groups in total. The zero-order chi connectivity index (χ0) is 55.7. The number of pyridine rings is 2. The van der Waals surface area contributed by atoms with Crippen LogP contribution in [-0.4, -0.2) is 39.2 Å². The summed E-state index contributed by atoms with van der Waals surface area (Å²) in [5.74, 6) is -1.75. The number of fused-ring (bicyclic) bond motifs is 2. The number of carboxylic acids is 2. The Balaban J connectivity index is 0.000000180. The van der Waals surface area contributed by atoms with Gasteiger partial charge in [0.2, 0.25) is 0 Å². The van der Waals surface area contributed by atoms with E-state index in [1.807, 2.05) is 210 Å². The molecule has 400 valence electrons. The summed E-state index contributed by atoms with van der Waals surface area (Å²) >= 11 is 3.05. The molecule has 12 rings (SSSR count). The SMILES string of the molecule is Cc1ccc2c(NC(=O)O[C@H](C)c3ccccc3)c(-c3ccc(-c4ccc(C5(C(=O)O)CC5)cc4)cc3)sc2n1.Cc1ccc2c(NC(=O)O[C@H](C)c3ccccc3)c(-c3ccc(-c4ccc(C5(C(=O)[O-])CC5)cc4)cc3)sc2n1.[Na+]. The topological polar surface area (TPSA) is 180 Å². The minimum atomic E-state index is -1.000. The number of nitrogens with one attached hydrogen (secondary N) is 2. The van der Waals surface area contributed by atoms with E-state index in [4.69, 9.17) is 14.5 Å². The fourth-order valence-corrected chi connectivity index (χ4v) is 12.4. The zero-order valence-corrected chi connectivity index (χ0v) is 49.0. The van der Waals surface area contributed by atoms with Crippen molar-refractivity contribution < 1.29 is 68.4 Å². The van der Waals surface area contributed by atoms with Crippen molar-refractivity contribution in [3.63, 3.8) is 0 Å². The molecule has 2 aliphatic rings. The number of aromatic nitrogens is 2. The molecule has 2 amide bonds. The summed E-state index contributed by atoms with van der Waals surface area (Å²) in [6.07, 6.45) is 0.783. The second kappa shape index (κ2) is 23.6. The van der Waals surface area contributed by atoms with Gasteiger partial charge in [0.15, 0.2) is 0 Å². The zero-order valence-electron chi connectivity index (χ0n) is 45.3. The molecule has 12 nitrogen and oxygen atoms in total. The molecule has 0 bridgehead atoms. The summed E-state index contributed by atoms with van der Waals surface area (Å²) in [5, 5.41) is 28.8. The third-order valence-electron chi connectivity index (χ3n) is 15.1. The van der Waals surface area contributed by atoms with Gasteiger partial charge in [-0.2, -0.15) is 0 Å². The van der Waals surface area contributed by atoms with E-state index in [1.165, 1.54) is 22.7 Å². The van der Waals surface area contributed by atoms with Crippen LogP contribution in [0.2, 0.25) is 0 Å². The molecule has 0 unspecified atom stereocenters. The summed E-state index contributed by atoms with van der Waals surface area (Å²) in [5.41, 5.74) is 11.1. The minimum absolute atomic E-state index is 0. The maximum atomic E-state index is 13.0. The smallest absolute Gasteiger partial charge is 0.549 e. The van der Waals surface area contributed by atoms with Crippen LogP contribution in [0, 0.1) is 13.8 Å². The number of hydrogen-bond donors (Lipinski definition) is 3. The van der Waals surface area contributed by atoms with Crippen molar-refractivity contribution in [1.82, 2.24) is 9.97 Å². The van der Waals surface area contributed by atoms with Crippen molar-refractivity contribution in [1.29, 1.82) is 0 Å². The first-order chi connectivity index (χ1) is 38.7. The number of carboxylic acid groups (broad SMARTS) is 2. The molecule has 0 aliphatic heterocycles. The molecule has 2 atom stereocenters. The molecule has 2 aliphatic carbocycles. The Morgan fingerprint density at radius 1 is 0.494 bits per heavy atom. The first-order valence-electron chi connectivity index (χ1n) is 26.4. The Hall–Kier alpha value is -7.98. The average Bonchev–Trinajstić information content (AvgIpc) is 4.44. The summed E-state index contributed by atoms with van der Waals surface area (Å²) in [7, 11) is 0. The summed E-state index contributed by atoms with van der Waals surface area (Å²) in [6, 6.07) is 58.8. The largest absolute Gasteiger partial charge is 1.00 e. The summed E-state index contributed by atoms with van der Waals surface area (Å²) in [4.78, 5) is 62.0. The van der Waals surface area contributed by atoms with Crippen LogP contribution >= 0.6 is 22.7 Å². The molecule has 4 heterocycles. The minimum Gasteiger partial charge on any atom is -0.549 e. The number of carbonyl (C=O) groups excluding carboxylic acids is 3. The monoisotopic (exact) mass is 1120 g/mol. The second-order valence-corrected chi connectivity index (χ2v) is 22.5. The molecule has 2 fully saturated rings. The van der Waals surface area contributed by atoms with Crippen LogP contribution in [0.1, 0.15) is 85.4 Å². The van der Waals surface area contributed by atoms with Gasteiger partial charge in [-0.05, 0) is 133 Å². The number of aliphatic carboxylic acids is 2. The quantitative estimate of drug-likeness (QED) is 0.0887. The number of rotatable bonds is 14. The molecule has 2 saturated carbocycles. The number of aryl methyl sites for hydroxylation is 2. The van der Waals surface area contributed by atoms with E-state index in [9.17, 15) is 29.4 Å². The predicted molar refractivity (Wildman–Crippen MR) is 315 cm³/mol. The van der Waals surface area contributed by atoms with Crippen LogP contribution in [0.15, 0.2) is 182 Å². The third kappa shape index (κ3) is 11.9. The molecule has 15 heteroatoms. The fourth-order valence-electron chi connectivity index (χ4n) is 10.0. The first-order valence-corrected chi connectivity index (χ1v) is 28.0. The molecule has 4 aromatic heterocycles. The van der Waals surface area contributed by atoms with Crippen molar-refractivity contribution in [2.24, 2.45) is 0 Å². The normalized spacial score (nSPS) is 14.3. The standard InChI is InChI=1S/2C33H28N2O4S.Na/c2*1-20-8-17-27-28(35-32(38)39-21(2)22-6-4-3-5-7-22)29(40-30(27)34-20)25-11-9-23(10-12-25)24-13-15-26(16-14-24)33(18-19-33)31(36)37;/h2*3-17,21H,18-19H2,1-2H3,(H,35,38)(H,36,37);/q;;+1/p-1/t2*21-;/m11./s1. The van der Waals surface area contributed by atoms with Crippen LogP contribution < -0.4 is 45.3 Å². The Labute approximate surface area is 499 Å². The number of thiophene rings is 2. The Kier molecular flexibility index (Phi) is 16.4. The van der Waals surface area contributed by atoms with E-state index in [1.54, 1.807) is 0 Å². The van der Waals surface area contributed by atoms with E-state index >= 15 is 0 Å². The average molecular weight is 1120 g/mol. The van der Waals surface area contributed by atoms with Crippen molar-refractivity contribution >= 4 is 78.6 Å². The fraction of sp³-hybridized carbons (Fsp3) is 0.182. The van der Waals surface area contributed by atoms with Crippen LogP contribution in [0.4, 0.5) is 21.0 Å². The molecular weight excluding hydrogens is 1060 g/mol. The number of hydrogen-bond acceptors (Lipinski definition) is 11. The number of benzene rings is 6. The second-order valence-electron chi connectivity index (χ2n) is 20.5. The van der Waals surface area contributed by atoms with E-state index in [0.717, 1.165) is 97.2 Å². The molecule has 81 heavy (non-hydrogen) atoms. The van der Waals surface area contributed by atoms with Crippen LogP contribution in [-0.2, 0) is 29.9 Å². The van der Waals surface area contributed by atoms with Gasteiger partial charge in [-0.1, -0.05) is 158 Å². The van der Waals surface area contributed by atoms with E-state index in [2.05, 4.69) is 15.6 Å². The van der Waals surface area contributed by atoms with Crippen molar-refractivity contribution in [2.75, 3.05) is 10.6 Å². The third-order valence-corrected chi connectivity index (χ3v) is 17.4. The van der Waals surface area contributed by atoms with Crippen LogP contribution in [0.3, 0.4) is 0 Å². The first kappa shape index (κ1) is 56.3. The van der Waals surface area contributed by atoms with Gasteiger partial charge in [0.25, 0.3) is 0 Å². The Morgan fingerprint density at radius 2 is 0.827 bits per heavy atom. The van der Waals surface area contributed by atoms with Crippen molar-refractivity contribution in [2.45, 2.75) is 76.4 Å². The van der Waals surface area contributed by atoms with Crippen molar-refractivity contribution in [3.8, 4) is 43.1 Å². The van der Waals surface area contributed by atoms with Gasteiger partial charge >= 0.3 is 47.7 Å². The van der Waals surface area contributed by atoms with E-state index in [0.29, 0.717) is 37.1 Å². The van der Waals surface area contributed by atoms with Gasteiger partial charge in [0, 0.05) is 27.6 Å². The molecule has 6 aromatic carbocycles. The number of ether oxygens (including phenoxy) is 2. The molecule has 0 saturated heterocycles. The van der Waals surface area contributed by atoms with Gasteiger partial charge in [0.05, 0.1) is 32.5 Å². The number of amides is 2. The molecular formula is C66H55N4NaO8S2. The number of nitrogens with zero attached hydrogens (tertiary/aromatic N) is 2. The summed E-state index contributed by atoms with van der Waals surface area (Å²) in [6.45, 7) is 7.59. The van der Waals surface area contributed by atoms with Gasteiger partial charge in [-0.15, -0.1) is 22.7 Å². The molecule has 0 radical (unpaired) electrons. The van der Waals surface area contributed by atoms with Crippen LogP contribution in [0.25, 0.3) is 63.6 Å². The van der Waals surface area contributed by atoms with E-state index < -0.39 is 47.2 Å². The maximum absolute atomic E-state index is 13.0. The Bertz CT molecular complexity index is 3680. The number of anilines is 2. The predicted octanol–water partition coefficient (Wildman–Crippen LogP) is 12.4.